The van der Waals surface area contributed by atoms with Crippen molar-refractivity contribution >= 4 is 0 Å². The fourth-order valence-corrected chi connectivity index (χ4v) is 3.38. The lowest BCUT2D eigenvalue weighted by Crippen LogP contribution is -2.47. The third-order valence-corrected chi connectivity index (χ3v) is 4.92. The molecule has 1 aromatic carbocycles. The van der Waals surface area contributed by atoms with Gasteiger partial charge >= 0.3 is 0 Å². The van der Waals surface area contributed by atoms with Crippen LogP contribution in [0.5, 0.6) is 0 Å². The normalized spacial score (nSPS) is 33.1. The first kappa shape index (κ1) is 12.2. The number of rotatable bonds is 2. The second-order valence-electron chi connectivity index (χ2n) is 5.99. The third-order valence-electron chi connectivity index (χ3n) is 4.92. The molecule has 0 spiro atoms. The monoisotopic (exact) mass is 245 g/mol. The van der Waals surface area contributed by atoms with Crippen molar-refractivity contribution in [1.29, 1.82) is 0 Å². The van der Waals surface area contributed by atoms with Gasteiger partial charge in [0.15, 0.2) is 0 Å². The van der Waals surface area contributed by atoms with E-state index in [4.69, 9.17) is 0 Å². The third kappa shape index (κ3) is 1.88. The molecule has 2 atom stereocenters. The van der Waals surface area contributed by atoms with Crippen LogP contribution in [0.3, 0.4) is 0 Å². The zero-order valence-corrected chi connectivity index (χ0v) is 11.2. The van der Waals surface area contributed by atoms with Gasteiger partial charge in [-0.15, -0.1) is 0 Å². The molecule has 2 heteroatoms. The molecule has 1 heterocycles. The first-order valence-electron chi connectivity index (χ1n) is 7.24. The highest BCUT2D eigenvalue weighted by atomic mass is 16.3. The van der Waals surface area contributed by atoms with Gasteiger partial charge in [-0.2, -0.15) is 0 Å². The lowest BCUT2D eigenvalue weighted by atomic mass is 9.70. The Morgan fingerprint density at radius 1 is 1.28 bits per heavy atom. The van der Waals surface area contributed by atoms with Gasteiger partial charge in [-0.25, -0.2) is 0 Å². The Labute approximate surface area is 109 Å². The molecule has 2 N–H and O–H groups in total. The summed E-state index contributed by atoms with van der Waals surface area (Å²) in [5, 5.41) is 14.5. The van der Waals surface area contributed by atoms with Gasteiger partial charge in [0, 0.05) is 12.5 Å². The van der Waals surface area contributed by atoms with Crippen molar-refractivity contribution in [3.8, 4) is 0 Å². The summed E-state index contributed by atoms with van der Waals surface area (Å²) in [7, 11) is 0. The summed E-state index contributed by atoms with van der Waals surface area (Å²) in [6.45, 7) is 3.99. The topological polar surface area (TPSA) is 32.3 Å². The summed E-state index contributed by atoms with van der Waals surface area (Å²) in [5.41, 5.74) is 1.97. The van der Waals surface area contributed by atoms with Crippen LogP contribution in [0.25, 0.3) is 0 Å². The maximum absolute atomic E-state index is 11.1. The van der Waals surface area contributed by atoms with Crippen LogP contribution >= 0.6 is 0 Å². The summed E-state index contributed by atoms with van der Waals surface area (Å²) in [6.07, 6.45) is 4.76. The molecule has 3 rings (SSSR count). The predicted octanol–water partition coefficient (Wildman–Crippen LogP) is 2.77. The van der Waals surface area contributed by atoms with Crippen molar-refractivity contribution < 1.29 is 5.11 Å². The Hall–Kier alpha value is -0.860. The van der Waals surface area contributed by atoms with Crippen molar-refractivity contribution in [3.05, 3.63) is 35.4 Å². The van der Waals surface area contributed by atoms with Gasteiger partial charge in [-0.3, -0.25) is 0 Å². The first-order valence-corrected chi connectivity index (χ1v) is 7.24. The van der Waals surface area contributed by atoms with Crippen LogP contribution in [-0.4, -0.2) is 18.2 Å². The second-order valence-corrected chi connectivity index (χ2v) is 5.99. The van der Waals surface area contributed by atoms with Gasteiger partial charge in [-0.05, 0) is 42.9 Å². The Bertz CT molecular complexity index is 427. The molecule has 0 radical (unpaired) electrons. The summed E-state index contributed by atoms with van der Waals surface area (Å²) >= 11 is 0. The smallest absolute Gasteiger partial charge is 0.0948 e. The average molecular weight is 245 g/mol. The molecule has 1 aliphatic carbocycles. The Morgan fingerprint density at radius 2 is 2.06 bits per heavy atom. The van der Waals surface area contributed by atoms with Crippen LogP contribution in [0.2, 0.25) is 0 Å². The molecule has 1 saturated carbocycles. The van der Waals surface area contributed by atoms with E-state index in [9.17, 15) is 5.11 Å². The standard InChI is InChI=1S/C16H23NO/c1-12-11-17-10-9-16(12,18)15-8-3-2-7-14(15)13-5-4-6-13/h2-3,7-8,12-13,17-18H,4-6,9-11H2,1H3. The molecule has 18 heavy (non-hydrogen) atoms. The van der Waals surface area contributed by atoms with Crippen molar-refractivity contribution in [2.24, 2.45) is 5.92 Å². The molecule has 1 aromatic rings. The highest BCUT2D eigenvalue weighted by molar-refractivity contribution is 5.37. The van der Waals surface area contributed by atoms with Crippen LogP contribution < -0.4 is 5.32 Å². The van der Waals surface area contributed by atoms with E-state index < -0.39 is 5.60 Å². The quantitative estimate of drug-likeness (QED) is 0.839. The minimum absolute atomic E-state index is 0.285. The Kier molecular flexibility index (Phi) is 3.16. The van der Waals surface area contributed by atoms with E-state index in [1.807, 2.05) is 0 Å². The van der Waals surface area contributed by atoms with Crippen molar-refractivity contribution in [2.45, 2.75) is 44.1 Å². The van der Waals surface area contributed by atoms with Crippen LogP contribution in [0.15, 0.2) is 24.3 Å². The zero-order valence-electron chi connectivity index (χ0n) is 11.2. The zero-order chi connectivity index (χ0) is 12.6. The minimum Gasteiger partial charge on any atom is -0.385 e. The maximum Gasteiger partial charge on any atom is 0.0948 e. The number of hydrogen-bond donors (Lipinski definition) is 2. The van der Waals surface area contributed by atoms with E-state index in [0.29, 0.717) is 5.92 Å². The Morgan fingerprint density at radius 3 is 2.72 bits per heavy atom. The second kappa shape index (κ2) is 4.67. The largest absolute Gasteiger partial charge is 0.385 e. The molecule has 1 aliphatic heterocycles. The minimum atomic E-state index is -0.628. The summed E-state index contributed by atoms with van der Waals surface area (Å²) < 4.78 is 0. The van der Waals surface area contributed by atoms with Gasteiger partial charge < -0.3 is 10.4 Å². The Balaban J connectivity index is 1.99. The van der Waals surface area contributed by atoms with Crippen molar-refractivity contribution in [2.75, 3.05) is 13.1 Å². The molecule has 2 unspecified atom stereocenters. The van der Waals surface area contributed by atoms with E-state index in [1.54, 1.807) is 0 Å². The molecule has 2 fully saturated rings. The number of nitrogens with one attached hydrogen (secondary N) is 1. The number of aliphatic hydroxyl groups is 1. The van der Waals surface area contributed by atoms with Gasteiger partial charge in [0.05, 0.1) is 5.60 Å². The molecule has 0 amide bonds. The molecule has 2 aliphatic rings. The summed E-state index contributed by atoms with van der Waals surface area (Å²) in [5.74, 6) is 0.972. The van der Waals surface area contributed by atoms with Gasteiger partial charge in [0.25, 0.3) is 0 Å². The maximum atomic E-state index is 11.1. The van der Waals surface area contributed by atoms with E-state index in [0.717, 1.165) is 19.5 Å². The highest BCUT2D eigenvalue weighted by Crippen LogP contribution is 2.44. The lowest BCUT2D eigenvalue weighted by Gasteiger charge is -2.42. The fraction of sp³-hybridized carbons (Fsp3) is 0.625. The molecular formula is C16H23NO. The van der Waals surface area contributed by atoms with Gasteiger partial charge in [0.2, 0.25) is 0 Å². The average Bonchev–Trinajstić information content (AvgIpc) is 2.32. The van der Waals surface area contributed by atoms with Crippen molar-refractivity contribution in [1.82, 2.24) is 5.32 Å². The van der Waals surface area contributed by atoms with Crippen LogP contribution in [0.4, 0.5) is 0 Å². The lowest BCUT2D eigenvalue weighted by molar-refractivity contribution is -0.0404. The molecule has 0 bridgehead atoms. The molecule has 2 nitrogen and oxygen atoms in total. The molecule has 98 valence electrons. The number of benzene rings is 1. The van der Waals surface area contributed by atoms with E-state index in [1.165, 1.54) is 30.4 Å². The first-order chi connectivity index (χ1) is 8.72. The van der Waals surface area contributed by atoms with Gasteiger partial charge in [-0.1, -0.05) is 37.6 Å². The molecule has 1 saturated heterocycles. The fourth-order valence-electron chi connectivity index (χ4n) is 3.38. The van der Waals surface area contributed by atoms with Gasteiger partial charge in [0.1, 0.15) is 0 Å². The number of hydrogen-bond acceptors (Lipinski definition) is 2. The SMILES string of the molecule is CC1CNCCC1(O)c1ccccc1C1CCC1. The van der Waals surface area contributed by atoms with E-state index >= 15 is 0 Å². The molecular weight excluding hydrogens is 222 g/mol. The number of piperidine rings is 1. The summed E-state index contributed by atoms with van der Waals surface area (Å²) in [4.78, 5) is 0. The summed E-state index contributed by atoms with van der Waals surface area (Å²) in [6, 6.07) is 8.57. The van der Waals surface area contributed by atoms with E-state index in [-0.39, 0.29) is 5.92 Å². The van der Waals surface area contributed by atoms with Crippen molar-refractivity contribution in [3.63, 3.8) is 0 Å². The predicted molar refractivity (Wildman–Crippen MR) is 73.6 cm³/mol. The highest BCUT2D eigenvalue weighted by Gasteiger charge is 2.40. The van der Waals surface area contributed by atoms with Crippen LogP contribution in [0, 0.1) is 5.92 Å². The molecule has 0 aromatic heterocycles. The van der Waals surface area contributed by atoms with E-state index in [2.05, 4.69) is 36.5 Å². The van der Waals surface area contributed by atoms with Crippen LogP contribution in [-0.2, 0) is 5.60 Å². The van der Waals surface area contributed by atoms with Crippen LogP contribution in [0.1, 0.15) is 49.7 Å².